The minimum Gasteiger partial charge on any atom is -0.493 e. The fraction of sp³-hybridized carbons (Fsp3) is 0.409. The molecule has 2 aromatic rings. The molecule has 1 saturated carbocycles. The molecule has 0 aliphatic heterocycles. The molecule has 2 aromatic carbocycles. The highest BCUT2D eigenvalue weighted by Gasteiger charge is 2.19. The van der Waals surface area contributed by atoms with Gasteiger partial charge in [0, 0.05) is 24.2 Å². The Morgan fingerprint density at radius 1 is 1.14 bits per heavy atom. The molecular formula is C22H26FNO4. The monoisotopic (exact) mass is 387 g/mol. The van der Waals surface area contributed by atoms with E-state index in [1.54, 1.807) is 37.4 Å². The molecule has 0 bridgehead atoms. The lowest BCUT2D eigenvalue weighted by Crippen LogP contribution is -2.14. The summed E-state index contributed by atoms with van der Waals surface area (Å²) in [6.45, 7) is 0.343. The second kappa shape index (κ2) is 9.97. The number of amides is 1. The van der Waals surface area contributed by atoms with Gasteiger partial charge in [-0.25, -0.2) is 4.39 Å². The number of hydrogen-bond acceptors (Lipinski definition) is 4. The van der Waals surface area contributed by atoms with Gasteiger partial charge in [-0.1, -0.05) is 6.07 Å². The summed E-state index contributed by atoms with van der Waals surface area (Å²) in [6, 6.07) is 11.4. The van der Waals surface area contributed by atoms with Crippen molar-refractivity contribution >= 4 is 11.6 Å². The second-order valence-electron chi connectivity index (χ2n) is 6.85. The van der Waals surface area contributed by atoms with Crippen molar-refractivity contribution in [1.82, 2.24) is 0 Å². The molecule has 0 atom stereocenters. The Morgan fingerprint density at radius 3 is 2.71 bits per heavy atom. The quantitative estimate of drug-likeness (QED) is 0.618. The number of halogens is 1. The summed E-state index contributed by atoms with van der Waals surface area (Å²) in [6.07, 6.45) is 5.50. The average molecular weight is 387 g/mol. The summed E-state index contributed by atoms with van der Waals surface area (Å²) < 4.78 is 30.0. The molecule has 28 heavy (non-hydrogen) atoms. The van der Waals surface area contributed by atoms with Crippen molar-refractivity contribution in [1.29, 1.82) is 0 Å². The van der Waals surface area contributed by atoms with E-state index < -0.39 is 0 Å². The summed E-state index contributed by atoms with van der Waals surface area (Å²) >= 11 is 0. The Balaban J connectivity index is 1.47. The molecule has 1 fully saturated rings. The smallest absolute Gasteiger partial charge is 0.224 e. The Bertz CT molecular complexity index is 790. The summed E-state index contributed by atoms with van der Waals surface area (Å²) in [5.41, 5.74) is 0.671. The first-order valence-electron chi connectivity index (χ1n) is 9.67. The zero-order valence-corrected chi connectivity index (χ0v) is 16.1. The lowest BCUT2D eigenvalue weighted by molar-refractivity contribution is -0.116. The van der Waals surface area contributed by atoms with E-state index in [1.165, 1.54) is 25.0 Å². The van der Waals surface area contributed by atoms with Gasteiger partial charge >= 0.3 is 0 Å². The highest BCUT2D eigenvalue weighted by atomic mass is 19.1. The van der Waals surface area contributed by atoms with Gasteiger partial charge in [0.2, 0.25) is 5.91 Å². The second-order valence-corrected chi connectivity index (χ2v) is 6.85. The molecule has 1 amide bonds. The van der Waals surface area contributed by atoms with Crippen LogP contribution in [0.2, 0.25) is 0 Å². The van der Waals surface area contributed by atoms with E-state index in [0.29, 0.717) is 42.4 Å². The van der Waals surface area contributed by atoms with Crippen molar-refractivity contribution in [3.05, 3.63) is 48.3 Å². The summed E-state index contributed by atoms with van der Waals surface area (Å²) in [5, 5.41) is 2.88. The molecule has 1 N–H and O–H groups in total. The van der Waals surface area contributed by atoms with Crippen LogP contribution < -0.4 is 19.5 Å². The lowest BCUT2D eigenvalue weighted by Gasteiger charge is -2.17. The van der Waals surface area contributed by atoms with Crippen molar-refractivity contribution in [3.63, 3.8) is 0 Å². The van der Waals surface area contributed by atoms with E-state index in [-0.39, 0.29) is 17.8 Å². The minimum absolute atomic E-state index is 0.111. The number of ether oxygens (including phenoxy) is 3. The molecule has 3 rings (SSSR count). The Morgan fingerprint density at radius 2 is 1.96 bits per heavy atom. The molecule has 0 saturated heterocycles. The maximum atomic E-state index is 13.1. The molecule has 6 heteroatoms. The third kappa shape index (κ3) is 5.87. The van der Waals surface area contributed by atoms with Crippen LogP contribution in [0.3, 0.4) is 0 Å². The maximum absolute atomic E-state index is 13.1. The van der Waals surface area contributed by atoms with Crippen molar-refractivity contribution in [2.45, 2.75) is 44.6 Å². The third-order valence-corrected chi connectivity index (χ3v) is 4.66. The largest absolute Gasteiger partial charge is 0.493 e. The van der Waals surface area contributed by atoms with Crippen molar-refractivity contribution < 1.29 is 23.4 Å². The normalized spacial score (nSPS) is 13.9. The standard InChI is InChI=1S/C22H26FNO4/c1-26-20-12-11-17(15-21(20)28-18-7-2-3-8-18)24-22(25)10-5-13-27-19-9-4-6-16(23)14-19/h4,6,9,11-12,14-15,18H,2-3,5,7-8,10,13H2,1H3,(H,24,25). The van der Waals surface area contributed by atoms with E-state index in [4.69, 9.17) is 14.2 Å². The van der Waals surface area contributed by atoms with Crippen molar-refractivity contribution in [2.24, 2.45) is 0 Å². The first-order valence-corrected chi connectivity index (χ1v) is 9.67. The molecular weight excluding hydrogens is 361 g/mol. The molecule has 0 spiro atoms. The SMILES string of the molecule is COc1ccc(NC(=O)CCCOc2cccc(F)c2)cc1OC1CCCC1. The van der Waals surface area contributed by atoms with Crippen molar-refractivity contribution in [3.8, 4) is 17.2 Å². The van der Waals surface area contributed by atoms with E-state index in [2.05, 4.69) is 5.32 Å². The number of anilines is 1. The fourth-order valence-corrected chi connectivity index (χ4v) is 3.24. The van der Waals surface area contributed by atoms with Gasteiger partial charge in [-0.05, 0) is 56.4 Å². The Hall–Kier alpha value is -2.76. The van der Waals surface area contributed by atoms with E-state index >= 15 is 0 Å². The van der Waals surface area contributed by atoms with Crippen LogP contribution in [0.15, 0.2) is 42.5 Å². The van der Waals surface area contributed by atoms with Gasteiger partial charge in [-0.2, -0.15) is 0 Å². The van der Waals surface area contributed by atoms with Crippen LogP contribution >= 0.6 is 0 Å². The molecule has 1 aliphatic carbocycles. The zero-order chi connectivity index (χ0) is 19.8. The maximum Gasteiger partial charge on any atom is 0.224 e. The molecule has 0 aromatic heterocycles. The Kier molecular flexibility index (Phi) is 7.12. The first-order chi connectivity index (χ1) is 13.6. The molecule has 150 valence electrons. The number of benzene rings is 2. The molecule has 0 radical (unpaired) electrons. The number of hydrogen-bond donors (Lipinski definition) is 1. The van der Waals surface area contributed by atoms with Gasteiger partial charge < -0.3 is 19.5 Å². The topological polar surface area (TPSA) is 56.8 Å². The van der Waals surface area contributed by atoms with Gasteiger partial charge in [0.1, 0.15) is 11.6 Å². The number of nitrogens with one attached hydrogen (secondary N) is 1. The van der Waals surface area contributed by atoms with E-state index in [1.807, 2.05) is 0 Å². The van der Waals surface area contributed by atoms with Gasteiger partial charge in [0.25, 0.3) is 0 Å². The van der Waals surface area contributed by atoms with Gasteiger partial charge in [0.05, 0.1) is 19.8 Å². The molecule has 5 nitrogen and oxygen atoms in total. The van der Waals surface area contributed by atoms with E-state index in [9.17, 15) is 9.18 Å². The fourth-order valence-electron chi connectivity index (χ4n) is 3.24. The highest BCUT2D eigenvalue weighted by Crippen LogP contribution is 2.34. The van der Waals surface area contributed by atoms with E-state index in [0.717, 1.165) is 12.8 Å². The van der Waals surface area contributed by atoms with Crippen LogP contribution in [0.4, 0.5) is 10.1 Å². The first kappa shape index (κ1) is 20.0. The molecule has 0 heterocycles. The number of rotatable bonds is 9. The van der Waals surface area contributed by atoms with Crippen LogP contribution in [-0.2, 0) is 4.79 Å². The number of carbonyl (C=O) groups is 1. The highest BCUT2D eigenvalue weighted by molar-refractivity contribution is 5.91. The van der Waals surface area contributed by atoms with Crippen molar-refractivity contribution in [2.75, 3.05) is 19.0 Å². The van der Waals surface area contributed by atoms with Gasteiger partial charge in [-0.15, -0.1) is 0 Å². The summed E-state index contributed by atoms with van der Waals surface area (Å²) in [7, 11) is 1.60. The molecule has 0 unspecified atom stereocenters. The predicted octanol–water partition coefficient (Wildman–Crippen LogP) is 4.95. The summed E-state index contributed by atoms with van der Waals surface area (Å²) in [4.78, 5) is 12.2. The average Bonchev–Trinajstić information content (AvgIpc) is 3.19. The van der Waals surface area contributed by atoms with Crippen LogP contribution in [0.1, 0.15) is 38.5 Å². The van der Waals surface area contributed by atoms with Gasteiger partial charge in [-0.3, -0.25) is 4.79 Å². The zero-order valence-electron chi connectivity index (χ0n) is 16.1. The minimum atomic E-state index is -0.342. The third-order valence-electron chi connectivity index (χ3n) is 4.66. The van der Waals surface area contributed by atoms with Crippen LogP contribution in [0.5, 0.6) is 17.2 Å². The Labute approximate surface area is 164 Å². The van der Waals surface area contributed by atoms with Crippen LogP contribution in [-0.4, -0.2) is 25.7 Å². The molecule has 1 aliphatic rings. The predicted molar refractivity (Wildman–Crippen MR) is 106 cm³/mol. The lowest BCUT2D eigenvalue weighted by atomic mass is 10.2. The number of carbonyl (C=O) groups excluding carboxylic acids is 1. The summed E-state index contributed by atoms with van der Waals surface area (Å²) in [5.74, 6) is 1.32. The van der Waals surface area contributed by atoms with Crippen LogP contribution in [0.25, 0.3) is 0 Å². The van der Waals surface area contributed by atoms with Gasteiger partial charge in [0.15, 0.2) is 11.5 Å². The van der Waals surface area contributed by atoms with Crippen LogP contribution in [0, 0.1) is 5.82 Å². The number of methoxy groups -OCH3 is 1.